The van der Waals surface area contributed by atoms with Crippen molar-refractivity contribution in [2.24, 2.45) is 5.92 Å². The first-order valence-electron chi connectivity index (χ1n) is 11.8. The largest absolute Gasteiger partial charge is 0.458 e. The molecule has 0 fully saturated rings. The molecule has 0 spiro atoms. The Hall–Kier alpha value is -3.55. The van der Waals surface area contributed by atoms with Crippen LogP contribution in [0.25, 0.3) is 0 Å². The lowest BCUT2D eigenvalue weighted by Crippen LogP contribution is -2.29. The van der Waals surface area contributed by atoms with Gasteiger partial charge in [-0.3, -0.25) is 0 Å². The third-order valence-electron chi connectivity index (χ3n) is 5.84. The van der Waals surface area contributed by atoms with E-state index >= 15 is 0 Å². The monoisotopic (exact) mass is 480 g/mol. The SMILES string of the molecule is CC(C=O)CC(Cc1ccccc1)OC(=O)c1ccccc1P(c1ccccc1)c1ccccc1. The fourth-order valence-corrected chi connectivity index (χ4v) is 6.59. The molecule has 0 aliphatic heterocycles. The average molecular weight is 481 g/mol. The van der Waals surface area contributed by atoms with Crippen LogP contribution < -0.4 is 15.9 Å². The Bertz CT molecular complexity index is 1190. The Labute approximate surface area is 208 Å². The van der Waals surface area contributed by atoms with Crippen LogP contribution in [-0.4, -0.2) is 18.4 Å². The molecule has 0 aliphatic carbocycles. The van der Waals surface area contributed by atoms with Crippen LogP contribution in [0.2, 0.25) is 0 Å². The molecule has 4 aromatic carbocycles. The fraction of sp³-hybridized carbons (Fsp3) is 0.161. The highest BCUT2D eigenvalue weighted by atomic mass is 31.1. The average Bonchev–Trinajstić information content (AvgIpc) is 2.91. The summed E-state index contributed by atoms with van der Waals surface area (Å²) in [7, 11) is -0.949. The molecule has 4 heteroatoms. The van der Waals surface area contributed by atoms with Crippen LogP contribution in [0.3, 0.4) is 0 Å². The molecular weight excluding hydrogens is 451 g/mol. The normalized spacial score (nSPS) is 12.6. The number of benzene rings is 4. The van der Waals surface area contributed by atoms with Gasteiger partial charge < -0.3 is 9.53 Å². The molecule has 0 aromatic heterocycles. The van der Waals surface area contributed by atoms with E-state index in [9.17, 15) is 9.59 Å². The summed E-state index contributed by atoms with van der Waals surface area (Å²) in [6.07, 6.45) is 1.58. The number of rotatable bonds is 10. The minimum absolute atomic E-state index is 0.197. The summed E-state index contributed by atoms with van der Waals surface area (Å²) in [5.74, 6) is -0.545. The Morgan fingerprint density at radius 3 is 1.86 bits per heavy atom. The maximum Gasteiger partial charge on any atom is 0.339 e. The minimum atomic E-state index is -0.949. The zero-order valence-corrected chi connectivity index (χ0v) is 20.7. The van der Waals surface area contributed by atoms with Gasteiger partial charge in [0.25, 0.3) is 0 Å². The number of esters is 1. The Kier molecular flexibility index (Phi) is 8.59. The molecule has 35 heavy (non-hydrogen) atoms. The molecule has 0 heterocycles. The van der Waals surface area contributed by atoms with E-state index in [1.54, 1.807) is 0 Å². The molecule has 0 aliphatic rings. The summed E-state index contributed by atoms with van der Waals surface area (Å²) in [6, 6.07) is 38.3. The smallest absolute Gasteiger partial charge is 0.339 e. The van der Waals surface area contributed by atoms with Gasteiger partial charge in [0, 0.05) is 12.3 Å². The third kappa shape index (κ3) is 6.53. The molecule has 0 N–H and O–H groups in total. The summed E-state index contributed by atoms with van der Waals surface area (Å²) < 4.78 is 6.09. The predicted molar refractivity (Wildman–Crippen MR) is 144 cm³/mol. The number of aldehydes is 1. The van der Waals surface area contributed by atoms with E-state index in [0.717, 1.165) is 17.2 Å². The lowest BCUT2D eigenvalue weighted by Gasteiger charge is -2.24. The van der Waals surface area contributed by atoms with Crippen molar-refractivity contribution in [2.75, 3.05) is 0 Å². The van der Waals surface area contributed by atoms with Crippen molar-refractivity contribution in [3.05, 3.63) is 126 Å². The van der Waals surface area contributed by atoms with Gasteiger partial charge in [-0.15, -0.1) is 0 Å². The van der Waals surface area contributed by atoms with Crippen LogP contribution in [0.5, 0.6) is 0 Å². The molecule has 0 saturated carbocycles. The first kappa shape index (κ1) is 24.6. The molecule has 176 valence electrons. The molecule has 0 amide bonds. The van der Waals surface area contributed by atoms with Crippen LogP contribution in [-0.2, 0) is 16.0 Å². The van der Waals surface area contributed by atoms with Crippen LogP contribution in [0.1, 0.15) is 29.3 Å². The first-order chi connectivity index (χ1) is 17.2. The zero-order valence-electron chi connectivity index (χ0n) is 19.8. The van der Waals surface area contributed by atoms with E-state index < -0.39 is 14.0 Å². The Morgan fingerprint density at radius 2 is 1.29 bits per heavy atom. The number of carbonyl (C=O) groups excluding carboxylic acids is 2. The number of carbonyl (C=O) groups is 2. The van der Waals surface area contributed by atoms with Gasteiger partial charge in [-0.1, -0.05) is 116 Å². The van der Waals surface area contributed by atoms with E-state index in [2.05, 4.69) is 24.3 Å². The summed E-state index contributed by atoms with van der Waals surface area (Å²) >= 11 is 0. The molecule has 4 aromatic rings. The van der Waals surface area contributed by atoms with Crippen LogP contribution in [0.15, 0.2) is 115 Å². The molecule has 0 radical (unpaired) electrons. The first-order valence-corrected chi connectivity index (χ1v) is 13.2. The fourth-order valence-electron chi connectivity index (χ4n) is 4.16. The van der Waals surface area contributed by atoms with Crippen molar-refractivity contribution >= 4 is 36.1 Å². The van der Waals surface area contributed by atoms with Gasteiger partial charge >= 0.3 is 5.97 Å². The highest BCUT2D eigenvalue weighted by Gasteiger charge is 2.25. The summed E-state index contributed by atoms with van der Waals surface area (Å²) in [4.78, 5) is 25.0. The highest BCUT2D eigenvalue weighted by Crippen LogP contribution is 2.34. The van der Waals surface area contributed by atoms with E-state index in [4.69, 9.17) is 4.74 Å². The van der Waals surface area contributed by atoms with Crippen molar-refractivity contribution < 1.29 is 14.3 Å². The van der Waals surface area contributed by atoms with E-state index in [1.807, 2.05) is 97.9 Å². The maximum atomic E-state index is 13.6. The van der Waals surface area contributed by atoms with Crippen LogP contribution in [0, 0.1) is 5.92 Å². The maximum absolute atomic E-state index is 13.6. The van der Waals surface area contributed by atoms with Gasteiger partial charge in [0.2, 0.25) is 0 Å². The van der Waals surface area contributed by atoms with Crippen molar-refractivity contribution in [3.63, 3.8) is 0 Å². The van der Waals surface area contributed by atoms with Gasteiger partial charge in [0.05, 0.1) is 5.56 Å². The summed E-state index contributed by atoms with van der Waals surface area (Å²) in [5, 5.41) is 3.31. The second-order valence-electron chi connectivity index (χ2n) is 8.59. The Balaban J connectivity index is 1.68. The molecule has 2 unspecified atom stereocenters. The van der Waals surface area contributed by atoms with Gasteiger partial charge in [0.15, 0.2) is 0 Å². The molecular formula is C31H29O3P. The van der Waals surface area contributed by atoms with Gasteiger partial charge in [-0.2, -0.15) is 0 Å². The van der Waals surface area contributed by atoms with Crippen LogP contribution in [0.4, 0.5) is 0 Å². The molecule has 2 atom stereocenters. The van der Waals surface area contributed by atoms with Crippen LogP contribution >= 0.6 is 7.92 Å². The van der Waals surface area contributed by atoms with Crippen molar-refractivity contribution in [2.45, 2.75) is 25.9 Å². The second-order valence-corrected chi connectivity index (χ2v) is 10.8. The summed E-state index contributed by atoms with van der Waals surface area (Å²) in [5.41, 5.74) is 1.65. The van der Waals surface area contributed by atoms with E-state index in [-0.39, 0.29) is 11.9 Å². The van der Waals surface area contributed by atoms with Crippen molar-refractivity contribution in [1.29, 1.82) is 0 Å². The van der Waals surface area contributed by atoms with Gasteiger partial charge in [-0.25, -0.2) is 4.79 Å². The van der Waals surface area contributed by atoms with Crippen molar-refractivity contribution in [1.82, 2.24) is 0 Å². The summed E-state index contributed by atoms with van der Waals surface area (Å²) in [6.45, 7) is 1.86. The minimum Gasteiger partial charge on any atom is -0.458 e. The van der Waals surface area contributed by atoms with E-state index in [0.29, 0.717) is 18.4 Å². The number of hydrogen-bond acceptors (Lipinski definition) is 3. The Morgan fingerprint density at radius 1 is 0.771 bits per heavy atom. The van der Waals surface area contributed by atoms with Crippen molar-refractivity contribution in [3.8, 4) is 0 Å². The molecule has 4 rings (SSSR count). The lowest BCUT2D eigenvalue weighted by atomic mass is 9.99. The van der Waals surface area contributed by atoms with E-state index in [1.165, 1.54) is 10.6 Å². The zero-order chi connectivity index (χ0) is 24.5. The predicted octanol–water partition coefficient (Wildman–Crippen LogP) is 5.44. The van der Waals surface area contributed by atoms with Gasteiger partial charge in [-0.05, 0) is 41.9 Å². The quantitative estimate of drug-likeness (QED) is 0.173. The second kappa shape index (κ2) is 12.2. The standard InChI is InChI=1S/C31H29O3P/c1-24(23-32)21-26(22-25-13-5-2-6-14-25)34-31(33)29-19-11-12-20-30(29)35(27-15-7-3-8-16-27)28-17-9-4-10-18-28/h2-20,23-24,26H,21-22H2,1H3. The highest BCUT2D eigenvalue weighted by molar-refractivity contribution is 7.80. The lowest BCUT2D eigenvalue weighted by molar-refractivity contribution is -0.111. The molecule has 0 bridgehead atoms. The molecule has 0 saturated heterocycles. The number of ether oxygens (including phenoxy) is 1. The van der Waals surface area contributed by atoms with Gasteiger partial charge in [0.1, 0.15) is 12.4 Å². The number of hydrogen-bond donors (Lipinski definition) is 0. The topological polar surface area (TPSA) is 43.4 Å². The molecule has 3 nitrogen and oxygen atoms in total. The third-order valence-corrected chi connectivity index (χ3v) is 8.34.